The normalized spacial score (nSPS) is 23.2. The molecule has 2 fully saturated rings. The highest BCUT2D eigenvalue weighted by atomic mass is 16.6. The summed E-state index contributed by atoms with van der Waals surface area (Å²) in [6.45, 7) is 9.10. The maximum atomic E-state index is 11.8. The first-order valence-corrected chi connectivity index (χ1v) is 6.57. The van der Waals surface area contributed by atoms with Crippen molar-refractivity contribution < 1.29 is 14.3 Å². The monoisotopic (exact) mass is 256 g/mol. The van der Waals surface area contributed by atoms with Gasteiger partial charge in [0.05, 0.1) is 5.60 Å². The number of methoxy groups -OCH3 is 1. The average Bonchev–Trinajstić information content (AvgIpc) is 2.10. The Kier molecular flexibility index (Phi) is 3.56. The summed E-state index contributed by atoms with van der Waals surface area (Å²) in [5, 5.41) is 3.24. The fourth-order valence-electron chi connectivity index (χ4n) is 2.48. The van der Waals surface area contributed by atoms with Gasteiger partial charge in [-0.2, -0.15) is 0 Å². The molecule has 5 nitrogen and oxygen atoms in total. The topological polar surface area (TPSA) is 50.8 Å². The first-order chi connectivity index (χ1) is 8.34. The highest BCUT2D eigenvalue weighted by Crippen LogP contribution is 2.31. The maximum absolute atomic E-state index is 11.8. The molecule has 0 aliphatic carbocycles. The second-order valence-electron chi connectivity index (χ2n) is 6.45. The molecule has 2 saturated heterocycles. The Hall–Kier alpha value is -0.810. The van der Waals surface area contributed by atoms with Crippen LogP contribution < -0.4 is 5.32 Å². The zero-order chi connectivity index (χ0) is 13.4. The van der Waals surface area contributed by atoms with Crippen molar-refractivity contribution in [2.24, 2.45) is 5.92 Å². The Morgan fingerprint density at radius 3 is 2.39 bits per heavy atom. The molecule has 2 aliphatic heterocycles. The fourth-order valence-corrected chi connectivity index (χ4v) is 2.48. The number of amides is 1. The third kappa shape index (κ3) is 2.95. The number of nitrogens with one attached hydrogen (secondary N) is 1. The highest BCUT2D eigenvalue weighted by molar-refractivity contribution is 5.69. The van der Waals surface area contributed by atoms with Crippen LogP contribution in [0.25, 0.3) is 0 Å². The molecule has 5 heteroatoms. The minimum atomic E-state index is -0.409. The molecular weight excluding hydrogens is 232 g/mol. The van der Waals surface area contributed by atoms with Crippen LogP contribution in [0.5, 0.6) is 0 Å². The van der Waals surface area contributed by atoms with Gasteiger partial charge in [-0.05, 0) is 33.1 Å². The second-order valence-corrected chi connectivity index (χ2v) is 6.45. The van der Waals surface area contributed by atoms with Crippen LogP contribution in [0.1, 0.15) is 27.2 Å². The summed E-state index contributed by atoms with van der Waals surface area (Å²) in [4.78, 5) is 13.5. The molecule has 18 heavy (non-hydrogen) atoms. The maximum Gasteiger partial charge on any atom is 0.410 e. The predicted octanol–water partition coefficient (Wildman–Crippen LogP) is 1.23. The van der Waals surface area contributed by atoms with Crippen LogP contribution >= 0.6 is 0 Å². The Labute approximate surface area is 109 Å². The SMILES string of the molecule is COC1(CC2CN(C(=O)OC(C)(C)C)C2)CNC1. The van der Waals surface area contributed by atoms with E-state index in [9.17, 15) is 4.79 Å². The van der Waals surface area contributed by atoms with E-state index < -0.39 is 5.60 Å². The van der Waals surface area contributed by atoms with Crippen LogP contribution in [0.3, 0.4) is 0 Å². The van der Waals surface area contributed by atoms with Crippen LogP contribution in [-0.2, 0) is 9.47 Å². The molecule has 1 N–H and O–H groups in total. The van der Waals surface area contributed by atoms with Crippen LogP contribution in [0.15, 0.2) is 0 Å². The largest absolute Gasteiger partial charge is 0.444 e. The summed E-state index contributed by atoms with van der Waals surface area (Å²) < 4.78 is 10.9. The predicted molar refractivity (Wildman–Crippen MR) is 68.5 cm³/mol. The second kappa shape index (κ2) is 4.70. The van der Waals surface area contributed by atoms with Crippen molar-refractivity contribution in [3.05, 3.63) is 0 Å². The van der Waals surface area contributed by atoms with Crippen molar-refractivity contribution in [2.75, 3.05) is 33.3 Å². The molecule has 0 bridgehead atoms. The van der Waals surface area contributed by atoms with E-state index in [1.54, 1.807) is 12.0 Å². The van der Waals surface area contributed by atoms with Gasteiger partial charge in [0, 0.05) is 33.3 Å². The van der Waals surface area contributed by atoms with E-state index in [-0.39, 0.29) is 11.7 Å². The number of ether oxygens (including phenoxy) is 2. The first kappa shape index (κ1) is 13.6. The first-order valence-electron chi connectivity index (χ1n) is 6.57. The van der Waals surface area contributed by atoms with Crippen LogP contribution in [0.4, 0.5) is 4.79 Å². The summed E-state index contributed by atoms with van der Waals surface area (Å²) in [5.74, 6) is 0.541. The van der Waals surface area contributed by atoms with E-state index in [0.29, 0.717) is 5.92 Å². The summed E-state index contributed by atoms with van der Waals surface area (Å²) in [5.41, 5.74) is -0.404. The molecule has 104 valence electrons. The Morgan fingerprint density at radius 2 is 2.00 bits per heavy atom. The molecule has 0 spiro atoms. The van der Waals surface area contributed by atoms with E-state index in [1.807, 2.05) is 20.8 Å². The van der Waals surface area contributed by atoms with Crippen molar-refractivity contribution >= 4 is 6.09 Å². The van der Waals surface area contributed by atoms with Gasteiger partial charge in [-0.3, -0.25) is 0 Å². The number of rotatable bonds is 3. The fraction of sp³-hybridized carbons (Fsp3) is 0.923. The molecule has 0 saturated carbocycles. The minimum absolute atomic E-state index is 0.00465. The van der Waals surface area contributed by atoms with Gasteiger partial charge in [-0.25, -0.2) is 4.79 Å². The zero-order valence-corrected chi connectivity index (χ0v) is 11.8. The molecule has 0 radical (unpaired) electrons. The quantitative estimate of drug-likeness (QED) is 0.825. The lowest BCUT2D eigenvalue weighted by molar-refractivity contribution is -0.0853. The molecule has 0 atom stereocenters. The van der Waals surface area contributed by atoms with E-state index in [1.165, 1.54) is 0 Å². The number of nitrogens with zero attached hydrogens (tertiary/aromatic N) is 1. The van der Waals surface area contributed by atoms with E-state index >= 15 is 0 Å². The van der Waals surface area contributed by atoms with Crippen molar-refractivity contribution in [3.63, 3.8) is 0 Å². The molecule has 0 unspecified atom stereocenters. The third-order valence-electron chi connectivity index (χ3n) is 3.60. The van der Waals surface area contributed by atoms with Gasteiger partial charge in [0.2, 0.25) is 0 Å². The summed E-state index contributed by atoms with van der Waals surface area (Å²) in [7, 11) is 1.77. The molecular formula is C13H24N2O3. The van der Waals surface area contributed by atoms with Gasteiger partial charge >= 0.3 is 6.09 Å². The van der Waals surface area contributed by atoms with Gasteiger partial charge in [-0.1, -0.05) is 0 Å². The van der Waals surface area contributed by atoms with E-state index in [0.717, 1.165) is 32.6 Å². The molecule has 0 aromatic heterocycles. The molecule has 2 aliphatic rings. The average molecular weight is 256 g/mol. The van der Waals surface area contributed by atoms with Gasteiger partial charge in [0.15, 0.2) is 0 Å². The number of carbonyl (C=O) groups is 1. The molecule has 2 heterocycles. The number of carbonyl (C=O) groups excluding carboxylic acids is 1. The Balaban J connectivity index is 1.72. The highest BCUT2D eigenvalue weighted by Gasteiger charge is 2.43. The number of hydrogen-bond acceptors (Lipinski definition) is 4. The van der Waals surface area contributed by atoms with Gasteiger partial charge < -0.3 is 19.7 Å². The third-order valence-corrected chi connectivity index (χ3v) is 3.60. The van der Waals surface area contributed by atoms with Gasteiger partial charge in [-0.15, -0.1) is 0 Å². The van der Waals surface area contributed by atoms with Crippen molar-refractivity contribution in [3.8, 4) is 0 Å². The number of likely N-dealkylation sites (tertiary alicyclic amines) is 1. The molecule has 1 amide bonds. The van der Waals surface area contributed by atoms with Gasteiger partial charge in [0.1, 0.15) is 5.60 Å². The van der Waals surface area contributed by atoms with E-state index in [4.69, 9.17) is 9.47 Å². The summed E-state index contributed by atoms with van der Waals surface area (Å²) >= 11 is 0. The lowest BCUT2D eigenvalue weighted by Gasteiger charge is -2.48. The van der Waals surface area contributed by atoms with Crippen LogP contribution in [0.2, 0.25) is 0 Å². The smallest absolute Gasteiger partial charge is 0.410 e. The summed E-state index contributed by atoms with van der Waals surface area (Å²) in [6.07, 6.45) is 0.826. The van der Waals surface area contributed by atoms with Crippen LogP contribution in [-0.4, -0.2) is 55.5 Å². The molecule has 0 aromatic rings. The molecule has 0 aromatic carbocycles. The van der Waals surface area contributed by atoms with Crippen molar-refractivity contribution in [2.45, 2.75) is 38.4 Å². The molecule has 2 rings (SSSR count). The van der Waals surface area contributed by atoms with Crippen molar-refractivity contribution in [1.82, 2.24) is 10.2 Å². The lowest BCUT2D eigenvalue weighted by atomic mass is 9.82. The van der Waals surface area contributed by atoms with Crippen molar-refractivity contribution in [1.29, 1.82) is 0 Å². The standard InChI is InChI=1S/C13H24N2O3/c1-12(2,3)18-11(16)15-6-10(7-15)5-13(17-4)8-14-9-13/h10,14H,5-9H2,1-4H3. The Morgan fingerprint density at radius 1 is 1.39 bits per heavy atom. The summed E-state index contributed by atoms with van der Waals surface area (Å²) in [6, 6.07) is 0. The number of hydrogen-bond donors (Lipinski definition) is 1. The van der Waals surface area contributed by atoms with Crippen LogP contribution in [0, 0.1) is 5.92 Å². The van der Waals surface area contributed by atoms with Gasteiger partial charge in [0.25, 0.3) is 0 Å². The lowest BCUT2D eigenvalue weighted by Crippen LogP contribution is -2.64. The Bertz CT molecular complexity index is 309. The van der Waals surface area contributed by atoms with E-state index in [2.05, 4.69) is 5.32 Å². The minimum Gasteiger partial charge on any atom is -0.444 e. The zero-order valence-electron chi connectivity index (χ0n) is 11.8.